The fourth-order valence-electron chi connectivity index (χ4n) is 2.50. The van der Waals surface area contributed by atoms with Crippen LogP contribution in [0.2, 0.25) is 0 Å². The van der Waals surface area contributed by atoms with Crippen LogP contribution in [0.15, 0.2) is 28.7 Å². The van der Waals surface area contributed by atoms with E-state index in [0.29, 0.717) is 0 Å². The maximum Gasteiger partial charge on any atom is 0.0207 e. The van der Waals surface area contributed by atoms with E-state index in [1.165, 1.54) is 42.4 Å². The van der Waals surface area contributed by atoms with E-state index in [1.54, 1.807) is 0 Å². The third kappa shape index (κ3) is 4.38. The number of halogens is 1. The van der Waals surface area contributed by atoms with E-state index in [4.69, 9.17) is 0 Å². The molecule has 1 fully saturated rings. The minimum absolute atomic E-state index is 0.760. The van der Waals surface area contributed by atoms with Crippen molar-refractivity contribution in [3.8, 4) is 0 Å². The third-order valence-corrected chi connectivity index (χ3v) is 4.52. The Morgan fingerprint density at radius 1 is 1.33 bits per heavy atom. The van der Waals surface area contributed by atoms with Gasteiger partial charge in [-0.3, -0.25) is 0 Å². The maximum atomic E-state index is 3.61. The first-order valence-electron chi connectivity index (χ1n) is 6.91. The summed E-state index contributed by atoms with van der Waals surface area (Å²) in [4.78, 5) is 2.44. The van der Waals surface area contributed by atoms with Crippen molar-refractivity contribution in [2.75, 3.05) is 26.7 Å². The van der Waals surface area contributed by atoms with Crippen molar-refractivity contribution >= 4 is 15.9 Å². The molecule has 2 nitrogen and oxygen atoms in total. The molecular formula is C15H23BrN2. The largest absolute Gasteiger partial charge is 0.314 e. The molecule has 1 aromatic rings. The normalized spacial score (nSPS) is 19.6. The Balaban J connectivity index is 1.68. The second-order valence-corrected chi connectivity index (χ2v) is 6.08. The quantitative estimate of drug-likeness (QED) is 0.868. The Bertz CT molecular complexity index is 361. The molecule has 1 N–H and O–H groups in total. The SMILES string of the molecule is CN(CCc1ccccc1Br)CCC1CCCN1. The zero-order valence-corrected chi connectivity index (χ0v) is 12.7. The average Bonchev–Trinajstić information content (AvgIpc) is 2.88. The van der Waals surface area contributed by atoms with E-state index in [1.807, 2.05) is 0 Å². The Morgan fingerprint density at radius 3 is 2.89 bits per heavy atom. The molecule has 0 aromatic heterocycles. The fourth-order valence-corrected chi connectivity index (χ4v) is 2.99. The molecule has 0 aliphatic carbocycles. The van der Waals surface area contributed by atoms with Crippen LogP contribution in [0, 0.1) is 0 Å². The second kappa shape index (κ2) is 7.27. The van der Waals surface area contributed by atoms with Crippen molar-refractivity contribution in [1.82, 2.24) is 10.2 Å². The summed E-state index contributed by atoms with van der Waals surface area (Å²) in [6.07, 6.45) is 5.12. The Labute approximate surface area is 119 Å². The average molecular weight is 311 g/mol. The summed E-state index contributed by atoms with van der Waals surface area (Å²) in [5, 5.41) is 3.56. The highest BCUT2D eigenvalue weighted by Crippen LogP contribution is 2.16. The molecule has 0 radical (unpaired) electrons. The number of hydrogen-bond acceptors (Lipinski definition) is 2. The zero-order chi connectivity index (χ0) is 12.8. The fraction of sp³-hybridized carbons (Fsp3) is 0.600. The van der Waals surface area contributed by atoms with E-state index in [2.05, 4.69) is 57.5 Å². The van der Waals surface area contributed by atoms with Gasteiger partial charge in [-0.05, 0) is 57.5 Å². The van der Waals surface area contributed by atoms with E-state index in [9.17, 15) is 0 Å². The number of likely N-dealkylation sites (N-methyl/N-ethyl adjacent to an activating group) is 1. The highest BCUT2D eigenvalue weighted by atomic mass is 79.9. The molecule has 1 heterocycles. The van der Waals surface area contributed by atoms with Gasteiger partial charge in [0.15, 0.2) is 0 Å². The molecule has 0 bridgehead atoms. The summed E-state index contributed by atoms with van der Waals surface area (Å²) >= 11 is 3.61. The van der Waals surface area contributed by atoms with Gasteiger partial charge < -0.3 is 10.2 Å². The van der Waals surface area contributed by atoms with Gasteiger partial charge in [0, 0.05) is 17.1 Å². The molecule has 18 heavy (non-hydrogen) atoms. The van der Waals surface area contributed by atoms with Crippen LogP contribution in [0.3, 0.4) is 0 Å². The maximum absolute atomic E-state index is 3.61. The first-order valence-corrected chi connectivity index (χ1v) is 7.70. The van der Waals surface area contributed by atoms with Crippen molar-refractivity contribution in [1.29, 1.82) is 0 Å². The smallest absolute Gasteiger partial charge is 0.0207 e. The molecule has 1 aliphatic rings. The third-order valence-electron chi connectivity index (χ3n) is 3.74. The summed E-state index contributed by atoms with van der Waals surface area (Å²) in [6.45, 7) is 3.54. The van der Waals surface area contributed by atoms with Crippen LogP contribution < -0.4 is 5.32 Å². The first-order chi connectivity index (χ1) is 8.75. The zero-order valence-electron chi connectivity index (χ0n) is 11.2. The van der Waals surface area contributed by atoms with Crippen molar-refractivity contribution < 1.29 is 0 Å². The molecule has 0 spiro atoms. The molecule has 1 unspecified atom stereocenters. The monoisotopic (exact) mass is 310 g/mol. The lowest BCUT2D eigenvalue weighted by molar-refractivity contribution is 0.316. The first kappa shape index (κ1) is 14.0. The van der Waals surface area contributed by atoms with Crippen LogP contribution in [0.25, 0.3) is 0 Å². The molecule has 1 aromatic carbocycles. The highest BCUT2D eigenvalue weighted by molar-refractivity contribution is 9.10. The molecular weight excluding hydrogens is 288 g/mol. The minimum atomic E-state index is 0.760. The summed E-state index contributed by atoms with van der Waals surface area (Å²) in [5.74, 6) is 0. The van der Waals surface area contributed by atoms with Crippen LogP contribution in [0.4, 0.5) is 0 Å². The van der Waals surface area contributed by atoms with Gasteiger partial charge >= 0.3 is 0 Å². The number of hydrogen-bond donors (Lipinski definition) is 1. The van der Waals surface area contributed by atoms with Gasteiger partial charge in [-0.1, -0.05) is 34.1 Å². The lowest BCUT2D eigenvalue weighted by Crippen LogP contribution is -2.29. The topological polar surface area (TPSA) is 15.3 Å². The number of benzene rings is 1. The van der Waals surface area contributed by atoms with Crippen LogP contribution >= 0.6 is 15.9 Å². The van der Waals surface area contributed by atoms with Gasteiger partial charge in [-0.25, -0.2) is 0 Å². The summed E-state index contributed by atoms with van der Waals surface area (Å²) < 4.78 is 1.23. The minimum Gasteiger partial charge on any atom is -0.314 e. The highest BCUT2D eigenvalue weighted by Gasteiger charge is 2.14. The van der Waals surface area contributed by atoms with Crippen molar-refractivity contribution in [2.45, 2.75) is 31.7 Å². The number of rotatable bonds is 6. The Kier molecular flexibility index (Phi) is 5.67. The Hall–Kier alpha value is -0.380. The predicted molar refractivity (Wildman–Crippen MR) is 81.0 cm³/mol. The Morgan fingerprint density at radius 2 is 2.17 bits per heavy atom. The summed E-state index contributed by atoms with van der Waals surface area (Å²) in [6, 6.07) is 9.27. The van der Waals surface area contributed by atoms with Crippen LogP contribution in [0.1, 0.15) is 24.8 Å². The van der Waals surface area contributed by atoms with Crippen LogP contribution in [-0.4, -0.2) is 37.6 Å². The lowest BCUT2D eigenvalue weighted by Gasteiger charge is -2.19. The molecule has 1 saturated heterocycles. The van der Waals surface area contributed by atoms with Crippen LogP contribution in [-0.2, 0) is 6.42 Å². The predicted octanol–water partition coefficient (Wildman–Crippen LogP) is 3.07. The summed E-state index contributed by atoms with van der Waals surface area (Å²) in [5.41, 5.74) is 1.41. The standard InChI is InChI=1S/C15H23BrN2/c1-18(12-9-14-6-4-10-17-14)11-8-13-5-2-3-7-15(13)16/h2-3,5,7,14,17H,4,6,8-12H2,1H3. The number of nitrogens with zero attached hydrogens (tertiary/aromatic N) is 1. The van der Waals surface area contributed by atoms with Crippen LogP contribution in [0.5, 0.6) is 0 Å². The molecule has 3 heteroatoms. The van der Waals surface area contributed by atoms with Gasteiger partial charge in [0.1, 0.15) is 0 Å². The van der Waals surface area contributed by atoms with Crippen molar-refractivity contribution in [3.63, 3.8) is 0 Å². The van der Waals surface area contributed by atoms with Gasteiger partial charge in [0.05, 0.1) is 0 Å². The van der Waals surface area contributed by atoms with Gasteiger partial charge in [-0.15, -0.1) is 0 Å². The summed E-state index contributed by atoms with van der Waals surface area (Å²) in [7, 11) is 2.23. The lowest BCUT2D eigenvalue weighted by atomic mass is 10.1. The van der Waals surface area contributed by atoms with Gasteiger partial charge in [0.25, 0.3) is 0 Å². The molecule has 100 valence electrons. The van der Waals surface area contributed by atoms with E-state index in [-0.39, 0.29) is 0 Å². The van der Waals surface area contributed by atoms with Crippen molar-refractivity contribution in [2.24, 2.45) is 0 Å². The molecule has 1 atom stereocenters. The molecule has 0 amide bonds. The van der Waals surface area contributed by atoms with Gasteiger partial charge in [-0.2, -0.15) is 0 Å². The molecule has 1 aliphatic heterocycles. The molecule has 0 saturated carbocycles. The number of nitrogens with one attached hydrogen (secondary N) is 1. The van der Waals surface area contributed by atoms with Gasteiger partial charge in [0.2, 0.25) is 0 Å². The second-order valence-electron chi connectivity index (χ2n) is 5.23. The van der Waals surface area contributed by atoms with Crippen molar-refractivity contribution in [3.05, 3.63) is 34.3 Å². The molecule has 2 rings (SSSR count). The van der Waals surface area contributed by atoms with E-state index in [0.717, 1.165) is 19.0 Å². The van der Waals surface area contributed by atoms with E-state index < -0.39 is 0 Å². The van der Waals surface area contributed by atoms with E-state index >= 15 is 0 Å².